The molecule has 5 fully saturated rings. The summed E-state index contributed by atoms with van der Waals surface area (Å²) in [5.41, 5.74) is 3.03. The third-order valence-corrected chi connectivity index (χ3v) is 14.7. The number of allylic oxidation sites excluding steroid dienone is 2. The maximum Gasteiger partial charge on any atom is 0.186 e. The maximum atomic E-state index is 10.6. The van der Waals surface area contributed by atoms with Crippen molar-refractivity contribution in [1.82, 2.24) is 0 Å². The molecule has 0 aromatic heterocycles. The van der Waals surface area contributed by atoms with Crippen molar-refractivity contribution in [2.45, 2.75) is 159 Å². The van der Waals surface area contributed by atoms with E-state index in [9.17, 15) is 40.9 Å². The fourth-order valence-electron chi connectivity index (χ4n) is 11.6. The number of rotatable bonds is 10. The third kappa shape index (κ3) is 6.62. The number of hydrogen-bond donors (Lipinski definition) is 8. The van der Waals surface area contributed by atoms with Gasteiger partial charge in [-0.25, -0.2) is 0 Å². The molecule has 3 heterocycles. The van der Waals surface area contributed by atoms with E-state index in [1.54, 1.807) is 0 Å². The van der Waals surface area contributed by atoms with E-state index in [2.05, 4.69) is 33.8 Å². The first-order chi connectivity index (χ1) is 24.7. The smallest absolute Gasteiger partial charge is 0.186 e. The Hall–Kier alpha value is -1.20. The van der Waals surface area contributed by atoms with Gasteiger partial charge in [-0.2, -0.15) is 0 Å². The monoisotopic (exact) mass is 738 g/mol. The molecule has 3 saturated carbocycles. The Labute approximate surface area is 306 Å². The highest BCUT2D eigenvalue weighted by molar-refractivity contribution is 5.30. The van der Waals surface area contributed by atoms with Gasteiger partial charge in [-0.1, -0.05) is 32.4 Å². The van der Waals surface area contributed by atoms with Crippen LogP contribution in [-0.4, -0.2) is 134 Å². The van der Waals surface area contributed by atoms with Crippen LogP contribution >= 0.6 is 0 Å². The molecule has 0 unspecified atom stereocenters. The summed E-state index contributed by atoms with van der Waals surface area (Å²) < 4.78 is 30.0. The molecule has 19 atom stereocenters. The molecule has 2 saturated heterocycles. The van der Waals surface area contributed by atoms with Crippen molar-refractivity contribution in [3.8, 4) is 0 Å². The molecule has 296 valence electrons. The second-order valence-electron chi connectivity index (χ2n) is 17.7. The standard InChI is InChI=1S/C39H62O13/c1-18(17-48-36-34(46)32(44)30(42)27(15-40)51-36)5-8-25-19(2)29-26(50-25)14-24-22-7-6-20-13-21(9-11-38(20,3)23(22)10-12-39(24,29)4)49-37-35(47)33(45)31(43)28(16-41)52-37/h6,18,21-24,26-37,40-47H,5,7-17H2,1-4H3/t18-,21+,22-,23+,24+,26+,27-,28-,29+,30-,31-,32+,33+,34-,35-,36-,37-,38+,39+/m1/s1. The van der Waals surface area contributed by atoms with E-state index in [1.165, 1.54) is 17.6 Å². The summed E-state index contributed by atoms with van der Waals surface area (Å²) in [6.07, 6.45) is -1.72. The van der Waals surface area contributed by atoms with E-state index >= 15 is 0 Å². The summed E-state index contributed by atoms with van der Waals surface area (Å²) in [6.45, 7) is 8.58. The molecule has 52 heavy (non-hydrogen) atoms. The first-order valence-electron chi connectivity index (χ1n) is 19.7. The lowest BCUT2D eigenvalue weighted by molar-refractivity contribution is -0.313. The summed E-state index contributed by atoms with van der Waals surface area (Å²) in [7, 11) is 0. The lowest BCUT2D eigenvalue weighted by Gasteiger charge is -2.58. The van der Waals surface area contributed by atoms with Crippen LogP contribution in [0.2, 0.25) is 0 Å². The van der Waals surface area contributed by atoms with E-state index in [-0.39, 0.29) is 29.0 Å². The molecular formula is C39H62O13. The van der Waals surface area contributed by atoms with Crippen molar-refractivity contribution in [2.75, 3.05) is 19.8 Å². The van der Waals surface area contributed by atoms with Crippen LogP contribution in [0.15, 0.2) is 23.0 Å². The largest absolute Gasteiger partial charge is 0.494 e. The zero-order valence-corrected chi connectivity index (χ0v) is 31.0. The van der Waals surface area contributed by atoms with Gasteiger partial charge in [0.05, 0.1) is 31.7 Å². The molecular weight excluding hydrogens is 676 g/mol. The zero-order valence-electron chi connectivity index (χ0n) is 31.0. The molecule has 8 N–H and O–H groups in total. The Morgan fingerprint density at radius 1 is 0.846 bits per heavy atom. The predicted molar refractivity (Wildman–Crippen MR) is 185 cm³/mol. The van der Waals surface area contributed by atoms with E-state index in [4.69, 9.17) is 23.7 Å². The summed E-state index contributed by atoms with van der Waals surface area (Å²) in [6, 6.07) is 0. The Bertz CT molecular complexity index is 1340. The van der Waals surface area contributed by atoms with E-state index in [1.807, 2.05) is 0 Å². The molecule has 13 nitrogen and oxygen atoms in total. The summed E-state index contributed by atoms with van der Waals surface area (Å²) in [5.74, 6) is 3.34. The number of aliphatic hydroxyl groups excluding tert-OH is 8. The topological polar surface area (TPSA) is 208 Å². The fraction of sp³-hybridized carbons (Fsp3) is 0.897. The highest BCUT2D eigenvalue weighted by atomic mass is 16.7. The second-order valence-corrected chi connectivity index (χ2v) is 17.7. The van der Waals surface area contributed by atoms with Crippen molar-refractivity contribution in [3.05, 3.63) is 23.0 Å². The molecule has 7 aliphatic rings. The van der Waals surface area contributed by atoms with Gasteiger partial charge in [-0.3, -0.25) is 0 Å². The average molecular weight is 739 g/mol. The normalized spacial score (nSPS) is 50.8. The number of ether oxygens (including phenoxy) is 5. The minimum absolute atomic E-state index is 0.0713. The van der Waals surface area contributed by atoms with Gasteiger partial charge in [0.25, 0.3) is 0 Å². The molecule has 0 radical (unpaired) electrons. The summed E-state index contributed by atoms with van der Waals surface area (Å²) in [5, 5.41) is 80.5. The van der Waals surface area contributed by atoms with Gasteiger partial charge in [0.1, 0.15) is 54.9 Å². The maximum absolute atomic E-state index is 10.6. The van der Waals surface area contributed by atoms with Crippen molar-refractivity contribution in [3.63, 3.8) is 0 Å². The molecule has 0 bridgehead atoms. The highest BCUT2D eigenvalue weighted by Gasteiger charge is 2.64. The van der Waals surface area contributed by atoms with E-state index in [0.29, 0.717) is 30.3 Å². The van der Waals surface area contributed by atoms with Crippen LogP contribution in [0.4, 0.5) is 0 Å². The van der Waals surface area contributed by atoms with E-state index < -0.39 is 74.6 Å². The van der Waals surface area contributed by atoms with Crippen LogP contribution in [0.1, 0.15) is 85.5 Å². The summed E-state index contributed by atoms with van der Waals surface area (Å²) in [4.78, 5) is 0. The van der Waals surface area contributed by atoms with Crippen LogP contribution in [0.3, 0.4) is 0 Å². The Kier molecular flexibility index (Phi) is 11.3. The van der Waals surface area contributed by atoms with Gasteiger partial charge in [0, 0.05) is 12.3 Å². The summed E-state index contributed by atoms with van der Waals surface area (Å²) >= 11 is 0. The van der Waals surface area contributed by atoms with Crippen LogP contribution in [-0.2, 0) is 23.7 Å². The van der Waals surface area contributed by atoms with Crippen LogP contribution in [0, 0.1) is 40.4 Å². The van der Waals surface area contributed by atoms with Gasteiger partial charge in [-0.05, 0) is 98.4 Å². The lowest BCUT2D eigenvalue weighted by Crippen LogP contribution is -2.60. The molecule has 7 rings (SSSR count). The molecule has 0 aromatic rings. The quantitative estimate of drug-likeness (QED) is 0.149. The first-order valence-corrected chi connectivity index (χ1v) is 19.7. The van der Waals surface area contributed by atoms with Crippen LogP contribution in [0.5, 0.6) is 0 Å². The zero-order chi connectivity index (χ0) is 37.3. The average Bonchev–Trinajstić information content (AvgIpc) is 3.61. The van der Waals surface area contributed by atoms with Crippen LogP contribution in [0.25, 0.3) is 0 Å². The second kappa shape index (κ2) is 15.0. The number of aliphatic hydroxyl groups is 8. The minimum atomic E-state index is -1.46. The molecule has 0 amide bonds. The SMILES string of the molecule is CC1=C(CC[C@@H](C)CO[C@@H]2O[C@H](CO)[C@@H](O)[C@H](O)[C@H]2O)O[C@H]2C[C@H]3[C@@H]4CC=C5C[C@@H](O[C@@H]6O[C@H](CO)[C@@H](O)[C@H](O)[C@H]6O)CC[C@]5(C)[C@H]4CC[C@]3(C)[C@@H]12. The van der Waals surface area contributed by atoms with Crippen molar-refractivity contribution in [1.29, 1.82) is 0 Å². The van der Waals surface area contributed by atoms with Gasteiger partial charge >= 0.3 is 0 Å². The third-order valence-electron chi connectivity index (χ3n) is 14.7. The molecule has 3 aliphatic heterocycles. The molecule has 4 aliphatic carbocycles. The number of hydrogen-bond acceptors (Lipinski definition) is 13. The first kappa shape index (κ1) is 39.1. The van der Waals surface area contributed by atoms with Crippen LogP contribution < -0.4 is 0 Å². The Morgan fingerprint density at radius 2 is 1.50 bits per heavy atom. The van der Waals surface area contributed by atoms with Crippen molar-refractivity contribution >= 4 is 0 Å². The van der Waals surface area contributed by atoms with Gasteiger partial charge in [0.15, 0.2) is 12.6 Å². The highest BCUT2D eigenvalue weighted by Crippen LogP contribution is 2.69. The van der Waals surface area contributed by atoms with Gasteiger partial charge < -0.3 is 64.5 Å². The molecule has 13 heteroatoms. The Balaban J connectivity index is 0.950. The van der Waals surface area contributed by atoms with E-state index in [0.717, 1.165) is 57.1 Å². The van der Waals surface area contributed by atoms with Crippen molar-refractivity contribution < 1.29 is 64.5 Å². The Morgan fingerprint density at radius 3 is 2.17 bits per heavy atom. The molecule has 0 spiro atoms. The van der Waals surface area contributed by atoms with Gasteiger partial charge in [-0.15, -0.1) is 0 Å². The fourth-order valence-corrected chi connectivity index (χ4v) is 11.6. The number of fused-ring (bicyclic) bond motifs is 7. The van der Waals surface area contributed by atoms with Gasteiger partial charge in [0.2, 0.25) is 0 Å². The predicted octanol–water partition coefficient (Wildman–Crippen LogP) is 1.27. The lowest BCUT2D eigenvalue weighted by atomic mass is 9.47. The van der Waals surface area contributed by atoms with Crippen molar-refractivity contribution in [2.24, 2.45) is 40.4 Å². The molecule has 0 aromatic carbocycles. The minimum Gasteiger partial charge on any atom is -0.494 e.